The zero-order valence-corrected chi connectivity index (χ0v) is 15.5. The van der Waals surface area contributed by atoms with E-state index in [4.69, 9.17) is 16.0 Å². The highest BCUT2D eigenvalue weighted by atomic mass is 35.5. The Balaban J connectivity index is 1.91. The third-order valence-electron chi connectivity index (χ3n) is 3.94. The Morgan fingerprint density at radius 2 is 1.96 bits per heavy atom. The number of carbonyl (C=O) groups excluding carboxylic acids is 2. The first-order chi connectivity index (χ1) is 13.3. The minimum absolute atomic E-state index is 0.0860. The number of rotatable bonds is 4. The molecule has 1 aromatic carbocycles. The second kappa shape index (κ2) is 7.50. The predicted octanol–water partition coefficient (Wildman–Crippen LogP) is 3.32. The van der Waals surface area contributed by atoms with E-state index in [2.05, 4.69) is 15.3 Å². The number of carbonyl (C=O) groups is 2. The Kier molecular flexibility index (Phi) is 5.11. The number of nitriles is 1. The average molecular weight is 397 g/mol. The lowest BCUT2D eigenvalue weighted by Gasteiger charge is -2.04. The largest absolute Gasteiger partial charge is 0.443 e. The van der Waals surface area contributed by atoms with Crippen molar-refractivity contribution in [2.75, 3.05) is 5.32 Å². The van der Waals surface area contributed by atoms with Crippen molar-refractivity contribution in [3.8, 4) is 17.5 Å². The zero-order valence-electron chi connectivity index (χ0n) is 14.8. The van der Waals surface area contributed by atoms with Crippen LogP contribution < -0.4 is 10.9 Å². The molecule has 8 nitrogen and oxygen atoms in total. The lowest BCUT2D eigenvalue weighted by atomic mass is 10.1. The number of benzene rings is 1. The quantitative estimate of drug-likeness (QED) is 0.651. The van der Waals surface area contributed by atoms with Crippen molar-refractivity contribution in [3.63, 3.8) is 0 Å². The van der Waals surface area contributed by atoms with Gasteiger partial charge in [-0.25, -0.2) is 4.98 Å². The molecule has 28 heavy (non-hydrogen) atoms. The maximum absolute atomic E-state index is 12.4. The number of aromatic nitrogens is 2. The molecule has 0 aliphatic heterocycles. The molecular formula is C19H13ClN4O4. The van der Waals surface area contributed by atoms with Gasteiger partial charge in [-0.3, -0.25) is 19.7 Å². The van der Waals surface area contributed by atoms with Crippen molar-refractivity contribution in [1.82, 2.24) is 9.97 Å². The van der Waals surface area contributed by atoms with Crippen molar-refractivity contribution in [2.45, 2.75) is 13.8 Å². The van der Waals surface area contributed by atoms with Crippen molar-refractivity contribution in [2.24, 2.45) is 0 Å². The molecule has 1 amide bonds. The number of aryl methyl sites for hydroxylation is 1. The van der Waals surface area contributed by atoms with E-state index in [1.165, 1.54) is 13.8 Å². The summed E-state index contributed by atoms with van der Waals surface area (Å²) in [5, 5.41) is 12.2. The van der Waals surface area contributed by atoms with Gasteiger partial charge in [-0.2, -0.15) is 5.26 Å². The molecule has 0 radical (unpaired) electrons. The molecule has 3 rings (SSSR count). The van der Waals surface area contributed by atoms with Gasteiger partial charge in [0.05, 0.1) is 5.56 Å². The standard InChI is InChI=1S/C19H13ClN4O4/c1-9(25)15-10(2)28-19(13(15)7-21)24-18(27)14-8-22-16(23-17(14)26)11-3-5-12(20)6-4-11/h3-6,8H,1-2H3,(H,24,27)(H,22,23,26). The van der Waals surface area contributed by atoms with E-state index in [9.17, 15) is 19.6 Å². The topological polar surface area (TPSA) is 129 Å². The van der Waals surface area contributed by atoms with Crippen LogP contribution in [0, 0.1) is 18.3 Å². The Morgan fingerprint density at radius 3 is 2.54 bits per heavy atom. The molecule has 0 fully saturated rings. The summed E-state index contributed by atoms with van der Waals surface area (Å²) in [6.07, 6.45) is 1.12. The van der Waals surface area contributed by atoms with Gasteiger partial charge in [0.25, 0.3) is 11.5 Å². The van der Waals surface area contributed by atoms with Gasteiger partial charge in [0.1, 0.15) is 28.8 Å². The second-order valence-corrected chi connectivity index (χ2v) is 6.28. The molecule has 0 aliphatic carbocycles. The predicted molar refractivity (Wildman–Crippen MR) is 101 cm³/mol. The van der Waals surface area contributed by atoms with E-state index in [0.29, 0.717) is 10.6 Å². The number of amides is 1. The smallest absolute Gasteiger partial charge is 0.265 e. The minimum atomic E-state index is -0.822. The highest BCUT2D eigenvalue weighted by molar-refractivity contribution is 6.30. The molecule has 3 aromatic rings. The molecule has 0 atom stereocenters. The number of hydrogen-bond acceptors (Lipinski definition) is 6. The van der Waals surface area contributed by atoms with E-state index in [-0.39, 0.29) is 39.9 Å². The van der Waals surface area contributed by atoms with Gasteiger partial charge in [-0.15, -0.1) is 0 Å². The molecule has 0 aliphatic rings. The number of halogens is 1. The first kappa shape index (κ1) is 19.1. The third-order valence-corrected chi connectivity index (χ3v) is 4.19. The number of nitrogens with zero attached hydrogens (tertiary/aromatic N) is 2. The normalized spacial score (nSPS) is 10.4. The summed E-state index contributed by atoms with van der Waals surface area (Å²) in [6, 6.07) is 8.47. The summed E-state index contributed by atoms with van der Waals surface area (Å²) >= 11 is 5.83. The van der Waals surface area contributed by atoms with Crippen LogP contribution in [0.3, 0.4) is 0 Å². The van der Waals surface area contributed by atoms with Gasteiger partial charge >= 0.3 is 0 Å². The SMILES string of the molecule is CC(=O)c1c(C)oc(NC(=O)c2cnc(-c3ccc(Cl)cc3)[nH]c2=O)c1C#N. The number of hydrogen-bond donors (Lipinski definition) is 2. The number of Topliss-reactive ketones (excluding diaryl/α,β-unsaturated/α-hetero) is 1. The van der Waals surface area contributed by atoms with Gasteiger partial charge in [-0.1, -0.05) is 11.6 Å². The van der Waals surface area contributed by atoms with E-state index < -0.39 is 11.5 Å². The Bertz CT molecular complexity index is 1190. The molecule has 2 heterocycles. The number of ketones is 1. The summed E-state index contributed by atoms with van der Waals surface area (Å²) < 4.78 is 5.31. The number of aromatic amines is 1. The monoisotopic (exact) mass is 396 g/mol. The lowest BCUT2D eigenvalue weighted by molar-refractivity contribution is 0.101. The van der Waals surface area contributed by atoms with Crippen LogP contribution in [0.1, 0.15) is 39.0 Å². The van der Waals surface area contributed by atoms with Gasteiger partial charge in [0.2, 0.25) is 5.88 Å². The lowest BCUT2D eigenvalue weighted by Crippen LogP contribution is -2.24. The molecule has 140 valence electrons. The third kappa shape index (κ3) is 3.56. The van der Waals surface area contributed by atoms with Crippen LogP contribution >= 0.6 is 11.6 Å². The first-order valence-electron chi connectivity index (χ1n) is 8.03. The fourth-order valence-electron chi connectivity index (χ4n) is 2.64. The first-order valence-corrected chi connectivity index (χ1v) is 8.40. The number of nitrogens with one attached hydrogen (secondary N) is 2. The van der Waals surface area contributed by atoms with Crippen molar-refractivity contribution in [3.05, 3.63) is 68.3 Å². The van der Waals surface area contributed by atoms with Crippen molar-refractivity contribution in [1.29, 1.82) is 5.26 Å². The maximum atomic E-state index is 12.4. The number of anilines is 1. The minimum Gasteiger partial charge on any atom is -0.443 e. The van der Waals surface area contributed by atoms with Gasteiger partial charge in [0, 0.05) is 16.8 Å². The molecular weight excluding hydrogens is 384 g/mol. The fourth-order valence-corrected chi connectivity index (χ4v) is 2.77. The van der Waals surface area contributed by atoms with Crippen LogP contribution in [0.4, 0.5) is 5.88 Å². The number of furan rings is 1. The van der Waals surface area contributed by atoms with Crippen LogP contribution in [0.25, 0.3) is 11.4 Å². The van der Waals surface area contributed by atoms with Crippen LogP contribution in [-0.2, 0) is 0 Å². The van der Waals surface area contributed by atoms with Crippen molar-refractivity contribution >= 4 is 29.2 Å². The van der Waals surface area contributed by atoms with Crippen LogP contribution in [0.5, 0.6) is 0 Å². The van der Waals surface area contributed by atoms with Crippen LogP contribution in [0.15, 0.2) is 39.7 Å². The molecule has 0 saturated heterocycles. The molecule has 2 N–H and O–H groups in total. The van der Waals surface area contributed by atoms with Gasteiger partial charge < -0.3 is 9.40 Å². The second-order valence-electron chi connectivity index (χ2n) is 5.84. The molecule has 0 bridgehead atoms. The van der Waals surface area contributed by atoms with Crippen LogP contribution in [-0.4, -0.2) is 21.7 Å². The Morgan fingerprint density at radius 1 is 1.29 bits per heavy atom. The molecule has 0 saturated carbocycles. The fraction of sp³-hybridized carbons (Fsp3) is 0.105. The Labute approximate surface area is 163 Å². The average Bonchev–Trinajstić information content (AvgIpc) is 2.97. The number of H-pyrrole nitrogens is 1. The summed E-state index contributed by atoms with van der Waals surface area (Å²) in [6.45, 7) is 2.79. The van der Waals surface area contributed by atoms with E-state index >= 15 is 0 Å². The van der Waals surface area contributed by atoms with Crippen molar-refractivity contribution < 1.29 is 14.0 Å². The molecule has 0 unspecified atom stereocenters. The van der Waals surface area contributed by atoms with Crippen LogP contribution in [0.2, 0.25) is 5.02 Å². The molecule has 0 spiro atoms. The summed E-state index contributed by atoms with van der Waals surface area (Å²) in [5.41, 5.74) is -0.345. The highest BCUT2D eigenvalue weighted by Gasteiger charge is 2.23. The molecule has 9 heteroatoms. The summed E-state index contributed by atoms with van der Waals surface area (Å²) in [7, 11) is 0. The molecule has 2 aromatic heterocycles. The summed E-state index contributed by atoms with van der Waals surface area (Å²) in [4.78, 5) is 43.0. The van der Waals surface area contributed by atoms with E-state index in [1.807, 2.05) is 6.07 Å². The van der Waals surface area contributed by atoms with Gasteiger partial charge in [0.15, 0.2) is 5.78 Å². The highest BCUT2D eigenvalue weighted by Crippen LogP contribution is 2.27. The maximum Gasteiger partial charge on any atom is 0.265 e. The summed E-state index contributed by atoms with van der Waals surface area (Å²) in [5.74, 6) is -0.925. The Hall–Kier alpha value is -3.70. The van der Waals surface area contributed by atoms with Gasteiger partial charge in [-0.05, 0) is 38.1 Å². The van der Waals surface area contributed by atoms with E-state index in [0.717, 1.165) is 6.20 Å². The zero-order chi connectivity index (χ0) is 20.4. The van der Waals surface area contributed by atoms with E-state index in [1.54, 1.807) is 24.3 Å².